The molecule has 4 rings (SSSR count). The third kappa shape index (κ3) is 2.74. The Labute approximate surface area is 149 Å². The molecule has 5 heteroatoms. The number of para-hydroxylation sites is 1. The van der Waals surface area contributed by atoms with Crippen LogP contribution in [-0.4, -0.2) is 28.8 Å². The summed E-state index contributed by atoms with van der Waals surface area (Å²) < 4.78 is 1.93. The Morgan fingerprint density at radius 1 is 1.28 bits per heavy atom. The van der Waals surface area contributed by atoms with Crippen molar-refractivity contribution < 1.29 is 4.79 Å². The zero-order valence-electron chi connectivity index (χ0n) is 15.6. The lowest BCUT2D eigenvalue weighted by Crippen LogP contribution is -2.44. The molecule has 1 aromatic carbocycles. The summed E-state index contributed by atoms with van der Waals surface area (Å²) in [5.41, 5.74) is 2.81. The van der Waals surface area contributed by atoms with Crippen LogP contribution in [0.15, 0.2) is 18.2 Å². The van der Waals surface area contributed by atoms with Gasteiger partial charge >= 0.3 is 0 Å². The number of carbonyl (C=O) groups excluding carboxylic acids is 1. The number of nitrogens with zero attached hydrogens (tertiary/aromatic N) is 2. The zero-order chi connectivity index (χ0) is 17.8. The van der Waals surface area contributed by atoms with Gasteiger partial charge in [0.15, 0.2) is 0 Å². The lowest BCUT2D eigenvalue weighted by Gasteiger charge is -2.27. The van der Waals surface area contributed by atoms with Crippen molar-refractivity contribution in [2.24, 2.45) is 24.8 Å². The number of hydrogen-bond acceptors (Lipinski definition) is 3. The van der Waals surface area contributed by atoms with Gasteiger partial charge in [-0.05, 0) is 64.1 Å². The predicted octanol–water partition coefficient (Wildman–Crippen LogP) is 2.48. The van der Waals surface area contributed by atoms with Gasteiger partial charge in [-0.2, -0.15) is 5.10 Å². The van der Waals surface area contributed by atoms with E-state index >= 15 is 0 Å². The van der Waals surface area contributed by atoms with E-state index in [1.54, 1.807) is 0 Å². The van der Waals surface area contributed by atoms with E-state index in [1.807, 2.05) is 11.7 Å². The zero-order valence-corrected chi connectivity index (χ0v) is 15.6. The fourth-order valence-corrected chi connectivity index (χ4v) is 4.84. The molecule has 2 unspecified atom stereocenters. The Morgan fingerprint density at radius 2 is 1.96 bits per heavy atom. The Morgan fingerprint density at radius 3 is 2.64 bits per heavy atom. The third-order valence-electron chi connectivity index (χ3n) is 6.12. The molecule has 1 aromatic heterocycles. The van der Waals surface area contributed by atoms with Crippen LogP contribution in [0.5, 0.6) is 0 Å². The van der Waals surface area contributed by atoms with E-state index in [2.05, 4.69) is 49.6 Å². The quantitative estimate of drug-likeness (QED) is 0.902. The second kappa shape index (κ2) is 5.84. The number of carbonyl (C=O) groups is 1. The van der Waals surface area contributed by atoms with Gasteiger partial charge in [0.25, 0.3) is 0 Å². The predicted molar refractivity (Wildman–Crippen MR) is 99.2 cm³/mol. The topological polar surface area (TPSA) is 59.0 Å². The van der Waals surface area contributed by atoms with E-state index in [0.29, 0.717) is 11.8 Å². The molecule has 1 aliphatic carbocycles. The minimum atomic E-state index is -0.486. The van der Waals surface area contributed by atoms with Crippen molar-refractivity contribution in [3.63, 3.8) is 0 Å². The molecule has 2 N–H and O–H groups in total. The number of benzene rings is 1. The highest BCUT2D eigenvalue weighted by Crippen LogP contribution is 2.39. The van der Waals surface area contributed by atoms with Gasteiger partial charge in [0.2, 0.25) is 5.91 Å². The van der Waals surface area contributed by atoms with Gasteiger partial charge in [-0.1, -0.05) is 18.2 Å². The van der Waals surface area contributed by atoms with Gasteiger partial charge < -0.3 is 10.6 Å². The maximum Gasteiger partial charge on any atom is 0.223 e. The van der Waals surface area contributed by atoms with E-state index in [0.717, 1.165) is 42.5 Å². The molecule has 1 aliphatic heterocycles. The summed E-state index contributed by atoms with van der Waals surface area (Å²) in [5, 5.41) is 12.6. The molecule has 3 atom stereocenters. The van der Waals surface area contributed by atoms with E-state index < -0.39 is 5.54 Å². The maximum atomic E-state index is 12.9. The number of amides is 1. The molecule has 2 fully saturated rings. The molecule has 1 amide bonds. The first kappa shape index (κ1) is 16.6. The lowest BCUT2D eigenvalue weighted by atomic mass is 9.94. The van der Waals surface area contributed by atoms with Crippen LogP contribution in [0.4, 0.5) is 0 Å². The molecule has 0 spiro atoms. The van der Waals surface area contributed by atoms with Gasteiger partial charge in [-0.25, -0.2) is 0 Å². The first-order valence-electron chi connectivity index (χ1n) is 9.32. The summed E-state index contributed by atoms with van der Waals surface area (Å²) >= 11 is 0. The van der Waals surface area contributed by atoms with E-state index in [4.69, 9.17) is 5.10 Å². The lowest BCUT2D eigenvalue weighted by molar-refractivity contribution is -0.126. The van der Waals surface area contributed by atoms with Gasteiger partial charge in [0, 0.05) is 18.4 Å². The summed E-state index contributed by atoms with van der Waals surface area (Å²) in [5.74, 6) is 1.69. The van der Waals surface area contributed by atoms with Crippen molar-refractivity contribution in [2.45, 2.75) is 39.2 Å². The van der Waals surface area contributed by atoms with Crippen molar-refractivity contribution in [3.8, 4) is 0 Å². The molecule has 0 radical (unpaired) electrons. The Kier molecular flexibility index (Phi) is 3.87. The van der Waals surface area contributed by atoms with Crippen molar-refractivity contribution in [1.29, 1.82) is 0 Å². The summed E-state index contributed by atoms with van der Waals surface area (Å²) in [4.78, 5) is 12.9. The summed E-state index contributed by atoms with van der Waals surface area (Å²) in [7, 11) is 1.97. The molecule has 1 saturated carbocycles. The fourth-order valence-electron chi connectivity index (χ4n) is 4.84. The van der Waals surface area contributed by atoms with Crippen LogP contribution >= 0.6 is 0 Å². The molecule has 2 heterocycles. The van der Waals surface area contributed by atoms with Crippen LogP contribution in [0.2, 0.25) is 0 Å². The monoisotopic (exact) mass is 340 g/mol. The molecule has 1 saturated heterocycles. The summed E-state index contributed by atoms with van der Waals surface area (Å²) in [6.07, 6.45) is 2.03. The van der Waals surface area contributed by atoms with E-state index in [9.17, 15) is 4.79 Å². The van der Waals surface area contributed by atoms with Crippen LogP contribution < -0.4 is 10.6 Å². The first-order valence-corrected chi connectivity index (χ1v) is 9.32. The Balaban J connectivity index is 1.58. The SMILES string of the molecule is Cc1cccc2c(C(C)(C)NC(=O)C3CC4CNC[C@H]4C3)nn(C)c12. The molecule has 25 heavy (non-hydrogen) atoms. The number of hydrogen-bond donors (Lipinski definition) is 2. The molecule has 0 bridgehead atoms. The first-order chi connectivity index (χ1) is 11.9. The standard InChI is InChI=1S/C20H28N4O/c1-12-6-5-7-16-17(12)24(4)23-18(16)20(2,3)22-19(25)13-8-14-10-21-11-15(14)9-13/h5-7,13-15,21H,8-11H2,1-4H3,(H,22,25)/t13?,14-,15?/m1/s1. The second-order valence-electron chi connectivity index (χ2n) is 8.40. The molecule has 2 aromatic rings. The number of aryl methyl sites for hydroxylation is 2. The molecule has 5 nitrogen and oxygen atoms in total. The van der Waals surface area contributed by atoms with Crippen LogP contribution in [0.25, 0.3) is 10.9 Å². The molecule has 2 aliphatic rings. The van der Waals surface area contributed by atoms with E-state index in [1.165, 1.54) is 5.56 Å². The largest absolute Gasteiger partial charge is 0.345 e. The van der Waals surface area contributed by atoms with Gasteiger partial charge in [-0.3, -0.25) is 9.48 Å². The second-order valence-corrected chi connectivity index (χ2v) is 8.40. The van der Waals surface area contributed by atoms with Crippen molar-refractivity contribution in [1.82, 2.24) is 20.4 Å². The normalized spacial score (nSPS) is 26.2. The van der Waals surface area contributed by atoms with Crippen LogP contribution in [0.3, 0.4) is 0 Å². The Bertz CT molecular complexity index is 810. The third-order valence-corrected chi connectivity index (χ3v) is 6.12. The highest BCUT2D eigenvalue weighted by molar-refractivity contribution is 5.87. The minimum Gasteiger partial charge on any atom is -0.345 e. The highest BCUT2D eigenvalue weighted by atomic mass is 16.2. The minimum absolute atomic E-state index is 0.146. The molecular weight excluding hydrogens is 312 g/mol. The number of nitrogens with one attached hydrogen (secondary N) is 2. The smallest absolute Gasteiger partial charge is 0.223 e. The fraction of sp³-hybridized carbons (Fsp3) is 0.600. The van der Waals surface area contributed by atoms with Gasteiger partial charge in [0.1, 0.15) is 0 Å². The number of rotatable bonds is 3. The summed E-state index contributed by atoms with van der Waals surface area (Å²) in [6.45, 7) is 8.37. The van der Waals surface area contributed by atoms with Crippen molar-refractivity contribution in [3.05, 3.63) is 29.5 Å². The van der Waals surface area contributed by atoms with Crippen LogP contribution in [-0.2, 0) is 17.4 Å². The van der Waals surface area contributed by atoms with Gasteiger partial charge in [0.05, 0.1) is 16.7 Å². The Hall–Kier alpha value is -1.88. The van der Waals surface area contributed by atoms with Crippen LogP contribution in [0.1, 0.15) is 37.9 Å². The number of aromatic nitrogens is 2. The maximum absolute atomic E-state index is 12.9. The number of fused-ring (bicyclic) bond motifs is 2. The van der Waals surface area contributed by atoms with Gasteiger partial charge in [-0.15, -0.1) is 0 Å². The molecular formula is C20H28N4O. The van der Waals surface area contributed by atoms with E-state index in [-0.39, 0.29) is 11.8 Å². The van der Waals surface area contributed by atoms with Crippen molar-refractivity contribution in [2.75, 3.05) is 13.1 Å². The summed E-state index contributed by atoms with van der Waals surface area (Å²) in [6, 6.07) is 6.26. The highest BCUT2D eigenvalue weighted by Gasteiger charge is 2.41. The average Bonchev–Trinajstić information content (AvgIpc) is 3.20. The van der Waals surface area contributed by atoms with Crippen LogP contribution in [0, 0.1) is 24.7 Å². The molecule has 134 valence electrons. The average molecular weight is 340 g/mol. The van der Waals surface area contributed by atoms with Crippen molar-refractivity contribution >= 4 is 16.8 Å².